The largest absolute Gasteiger partial charge is 0.500 e. The Kier molecular flexibility index (Phi) is 13.5. The summed E-state index contributed by atoms with van der Waals surface area (Å²) in [6.45, 7) is 9.00. The van der Waals surface area contributed by atoms with Crippen molar-refractivity contribution in [3.05, 3.63) is 0 Å². The molecular formula is C19H42O3Si. The first-order valence-electron chi connectivity index (χ1n) is 9.88. The van der Waals surface area contributed by atoms with Crippen molar-refractivity contribution in [3.8, 4) is 0 Å². The maximum Gasteiger partial charge on any atom is 0.500 e. The van der Waals surface area contributed by atoms with Crippen LogP contribution in [0, 0.1) is 0 Å². The Morgan fingerprint density at radius 1 is 0.652 bits per heavy atom. The smallest absolute Gasteiger partial charge is 0.377 e. The van der Waals surface area contributed by atoms with Crippen LogP contribution in [-0.4, -0.2) is 28.6 Å². The molecule has 0 fully saturated rings. The van der Waals surface area contributed by atoms with Crippen molar-refractivity contribution in [2.75, 3.05) is 14.2 Å². The summed E-state index contributed by atoms with van der Waals surface area (Å²) in [5.41, 5.74) is -0.0476. The van der Waals surface area contributed by atoms with E-state index in [4.69, 9.17) is 13.3 Å². The molecule has 3 nitrogen and oxygen atoms in total. The van der Waals surface area contributed by atoms with Gasteiger partial charge in [-0.15, -0.1) is 0 Å². The fourth-order valence-electron chi connectivity index (χ4n) is 3.17. The van der Waals surface area contributed by atoms with Crippen LogP contribution in [0.25, 0.3) is 0 Å². The van der Waals surface area contributed by atoms with E-state index in [1.165, 1.54) is 38.5 Å². The van der Waals surface area contributed by atoms with E-state index in [9.17, 15) is 0 Å². The second kappa shape index (κ2) is 13.4. The van der Waals surface area contributed by atoms with Crippen molar-refractivity contribution in [1.82, 2.24) is 0 Å². The van der Waals surface area contributed by atoms with Gasteiger partial charge in [-0.05, 0) is 25.7 Å². The molecule has 0 atom stereocenters. The third-order valence-corrected chi connectivity index (χ3v) is 7.74. The molecule has 0 saturated carbocycles. The second-order valence-corrected chi connectivity index (χ2v) is 9.68. The molecular weight excluding hydrogens is 304 g/mol. The minimum Gasteiger partial charge on any atom is -0.377 e. The van der Waals surface area contributed by atoms with Gasteiger partial charge in [-0.2, -0.15) is 0 Å². The van der Waals surface area contributed by atoms with Crippen LogP contribution in [0.2, 0.25) is 6.04 Å². The predicted octanol–water partition coefficient (Wildman–Crippen LogP) is 6.34. The summed E-state index contributed by atoms with van der Waals surface area (Å²) in [5, 5.41) is 0. The van der Waals surface area contributed by atoms with E-state index >= 15 is 0 Å². The lowest BCUT2D eigenvalue weighted by molar-refractivity contribution is -0.0382. The van der Waals surface area contributed by atoms with Crippen LogP contribution >= 0.6 is 0 Å². The van der Waals surface area contributed by atoms with Crippen LogP contribution in [0.5, 0.6) is 0 Å². The van der Waals surface area contributed by atoms with Gasteiger partial charge in [0.1, 0.15) is 0 Å². The lowest BCUT2D eigenvalue weighted by atomic mass is 9.86. The van der Waals surface area contributed by atoms with Crippen molar-refractivity contribution in [3.63, 3.8) is 0 Å². The quantitative estimate of drug-likeness (QED) is 0.305. The van der Waals surface area contributed by atoms with Gasteiger partial charge >= 0.3 is 8.80 Å². The molecule has 0 heterocycles. The van der Waals surface area contributed by atoms with Gasteiger partial charge < -0.3 is 13.3 Å². The molecule has 23 heavy (non-hydrogen) atoms. The van der Waals surface area contributed by atoms with Crippen molar-refractivity contribution >= 4 is 8.80 Å². The average Bonchev–Trinajstić information content (AvgIpc) is 2.59. The standard InChI is InChI=1S/C19H42O3Si/c1-7-11-15-19(16-12-8-2,17-13-9-3)22-23(20-5,21-6)18-14-10-4/h7-18H2,1-6H3. The van der Waals surface area contributed by atoms with Crippen molar-refractivity contribution < 1.29 is 13.3 Å². The van der Waals surface area contributed by atoms with E-state index in [0.717, 1.165) is 38.1 Å². The molecule has 4 heteroatoms. The molecule has 0 spiro atoms. The Hall–Kier alpha value is 0.0969. The molecule has 0 N–H and O–H groups in total. The lowest BCUT2D eigenvalue weighted by Gasteiger charge is -2.41. The monoisotopic (exact) mass is 346 g/mol. The summed E-state index contributed by atoms with van der Waals surface area (Å²) in [6.07, 6.45) is 13.0. The van der Waals surface area contributed by atoms with Crippen LogP contribution < -0.4 is 0 Å². The van der Waals surface area contributed by atoms with E-state index in [-0.39, 0.29) is 5.60 Å². The lowest BCUT2D eigenvalue weighted by Crippen LogP contribution is -2.52. The number of hydrogen-bond donors (Lipinski definition) is 0. The summed E-state index contributed by atoms with van der Waals surface area (Å²) in [5.74, 6) is 0. The third kappa shape index (κ3) is 8.66. The molecule has 0 amide bonds. The molecule has 0 saturated heterocycles. The average molecular weight is 347 g/mol. The van der Waals surface area contributed by atoms with Gasteiger partial charge in [0, 0.05) is 20.3 Å². The first-order valence-corrected chi connectivity index (χ1v) is 11.8. The molecule has 0 bridgehead atoms. The zero-order valence-electron chi connectivity index (χ0n) is 16.7. The van der Waals surface area contributed by atoms with Crippen molar-refractivity contribution in [2.24, 2.45) is 0 Å². The third-order valence-electron chi connectivity index (χ3n) is 4.79. The highest BCUT2D eigenvalue weighted by molar-refractivity contribution is 6.60. The van der Waals surface area contributed by atoms with Gasteiger partial charge in [-0.3, -0.25) is 0 Å². The molecule has 0 aliphatic heterocycles. The minimum absolute atomic E-state index is 0.0476. The topological polar surface area (TPSA) is 27.7 Å². The van der Waals surface area contributed by atoms with Gasteiger partial charge in [0.05, 0.1) is 5.60 Å². The predicted molar refractivity (Wildman–Crippen MR) is 102 cm³/mol. The van der Waals surface area contributed by atoms with Crippen LogP contribution in [0.3, 0.4) is 0 Å². The highest BCUT2D eigenvalue weighted by atomic mass is 28.4. The summed E-state index contributed by atoms with van der Waals surface area (Å²) in [6, 6.07) is 0.933. The molecule has 0 aromatic rings. The molecule has 0 unspecified atom stereocenters. The van der Waals surface area contributed by atoms with E-state index in [1.807, 2.05) is 0 Å². The molecule has 0 aromatic carbocycles. The maximum atomic E-state index is 6.83. The minimum atomic E-state index is -2.55. The van der Waals surface area contributed by atoms with Gasteiger partial charge in [0.2, 0.25) is 0 Å². The summed E-state index contributed by atoms with van der Waals surface area (Å²) < 4.78 is 18.6. The van der Waals surface area contributed by atoms with Gasteiger partial charge in [-0.25, -0.2) is 0 Å². The normalized spacial score (nSPS) is 12.8. The van der Waals surface area contributed by atoms with E-state index in [1.54, 1.807) is 14.2 Å². The van der Waals surface area contributed by atoms with Gasteiger partial charge in [0.25, 0.3) is 0 Å². The fourth-order valence-corrected chi connectivity index (χ4v) is 5.77. The van der Waals surface area contributed by atoms with Crippen molar-refractivity contribution in [2.45, 2.75) is 110 Å². The van der Waals surface area contributed by atoms with E-state index in [2.05, 4.69) is 27.7 Å². The summed E-state index contributed by atoms with van der Waals surface area (Å²) >= 11 is 0. The first-order chi connectivity index (χ1) is 11.1. The van der Waals surface area contributed by atoms with Crippen LogP contribution in [0.15, 0.2) is 0 Å². The van der Waals surface area contributed by atoms with Crippen LogP contribution in [0.4, 0.5) is 0 Å². The Bertz CT molecular complexity index is 246. The van der Waals surface area contributed by atoms with Crippen molar-refractivity contribution in [1.29, 1.82) is 0 Å². The van der Waals surface area contributed by atoms with Crippen LogP contribution in [-0.2, 0) is 13.3 Å². The highest BCUT2D eigenvalue weighted by Crippen LogP contribution is 2.36. The summed E-state index contributed by atoms with van der Waals surface area (Å²) in [4.78, 5) is 0. The van der Waals surface area contributed by atoms with E-state index in [0.29, 0.717) is 0 Å². The SMILES string of the molecule is CCCCC(CCCC)(CCCC)O[Si](CCCC)(OC)OC. The molecule has 0 rings (SSSR count). The Balaban J connectivity index is 5.28. The zero-order valence-corrected chi connectivity index (χ0v) is 17.7. The summed E-state index contributed by atoms with van der Waals surface area (Å²) in [7, 11) is 0.997. The zero-order chi connectivity index (χ0) is 17.6. The van der Waals surface area contributed by atoms with Gasteiger partial charge in [0.15, 0.2) is 0 Å². The Morgan fingerprint density at radius 3 is 1.35 bits per heavy atom. The molecule has 140 valence electrons. The second-order valence-electron chi connectivity index (χ2n) is 6.79. The first kappa shape index (κ1) is 23.1. The number of hydrogen-bond acceptors (Lipinski definition) is 3. The van der Waals surface area contributed by atoms with Gasteiger partial charge in [-0.1, -0.05) is 72.6 Å². The fraction of sp³-hybridized carbons (Fsp3) is 1.00. The Labute approximate surface area is 146 Å². The van der Waals surface area contributed by atoms with E-state index < -0.39 is 8.80 Å². The Morgan fingerprint density at radius 2 is 1.04 bits per heavy atom. The number of rotatable bonds is 16. The molecule has 0 aliphatic carbocycles. The maximum absolute atomic E-state index is 6.83. The molecule has 0 aromatic heterocycles. The molecule has 0 aliphatic rings. The van der Waals surface area contributed by atoms with Crippen LogP contribution in [0.1, 0.15) is 98.3 Å². The highest BCUT2D eigenvalue weighted by Gasteiger charge is 2.46. The number of unbranched alkanes of at least 4 members (excludes halogenated alkanes) is 4. The molecule has 0 radical (unpaired) electrons.